The molecule has 0 amide bonds. The van der Waals surface area contributed by atoms with Crippen molar-refractivity contribution in [2.24, 2.45) is 0 Å². The minimum absolute atomic E-state index is 0.630. The number of nitrogens with two attached hydrogens (primary N) is 1. The van der Waals surface area contributed by atoms with Gasteiger partial charge in [0.25, 0.3) is 0 Å². The molecular formula is C21H18N2O. The van der Waals surface area contributed by atoms with Gasteiger partial charge in [-0.05, 0) is 47.4 Å². The average Bonchev–Trinajstić information content (AvgIpc) is 3.06. The number of nitrogens with zero attached hydrogens (tertiary/aromatic N) is 1. The van der Waals surface area contributed by atoms with Gasteiger partial charge in [0, 0.05) is 11.3 Å². The van der Waals surface area contributed by atoms with Gasteiger partial charge < -0.3 is 10.2 Å². The average molecular weight is 314 g/mol. The Kier molecular flexibility index (Phi) is 3.54. The molecule has 4 aromatic rings. The van der Waals surface area contributed by atoms with Crippen molar-refractivity contribution in [3.63, 3.8) is 0 Å². The summed E-state index contributed by atoms with van der Waals surface area (Å²) in [5, 5.41) is 0. The van der Waals surface area contributed by atoms with E-state index in [1.807, 2.05) is 42.5 Å². The molecule has 0 aliphatic heterocycles. The zero-order chi connectivity index (χ0) is 16.5. The monoisotopic (exact) mass is 314 g/mol. The van der Waals surface area contributed by atoms with E-state index in [-0.39, 0.29) is 0 Å². The van der Waals surface area contributed by atoms with E-state index in [0.717, 1.165) is 34.3 Å². The molecule has 4 rings (SSSR count). The van der Waals surface area contributed by atoms with E-state index in [2.05, 4.69) is 36.2 Å². The standard InChI is InChI=1S/C21H18N2O/c1-2-14-12-18(22)13-19-20(14)24-21(23-19)17-10-8-16(9-11-17)15-6-4-3-5-7-15/h3-13H,2,22H2,1H3. The van der Waals surface area contributed by atoms with E-state index in [4.69, 9.17) is 10.2 Å². The van der Waals surface area contributed by atoms with Gasteiger partial charge in [0.05, 0.1) is 0 Å². The molecule has 1 heterocycles. The number of aromatic nitrogens is 1. The van der Waals surface area contributed by atoms with Gasteiger partial charge >= 0.3 is 0 Å². The lowest BCUT2D eigenvalue weighted by Crippen LogP contribution is -1.88. The summed E-state index contributed by atoms with van der Waals surface area (Å²) in [6, 6.07) is 22.4. The maximum absolute atomic E-state index is 6.01. The van der Waals surface area contributed by atoms with Crippen molar-refractivity contribution in [3.05, 3.63) is 72.3 Å². The minimum atomic E-state index is 0.630. The second kappa shape index (κ2) is 5.85. The lowest BCUT2D eigenvalue weighted by Gasteiger charge is -2.02. The van der Waals surface area contributed by atoms with Gasteiger partial charge in [-0.25, -0.2) is 4.98 Å². The molecule has 0 atom stereocenters. The van der Waals surface area contributed by atoms with E-state index in [0.29, 0.717) is 5.89 Å². The number of benzene rings is 3. The summed E-state index contributed by atoms with van der Waals surface area (Å²) in [4.78, 5) is 4.61. The van der Waals surface area contributed by atoms with Crippen LogP contribution in [0, 0.1) is 0 Å². The number of oxazole rings is 1. The fourth-order valence-electron chi connectivity index (χ4n) is 2.95. The van der Waals surface area contributed by atoms with Gasteiger partial charge in [0.1, 0.15) is 5.52 Å². The van der Waals surface area contributed by atoms with Crippen molar-refractivity contribution in [2.45, 2.75) is 13.3 Å². The van der Waals surface area contributed by atoms with Gasteiger partial charge in [-0.3, -0.25) is 0 Å². The van der Waals surface area contributed by atoms with Crippen LogP contribution in [0.1, 0.15) is 12.5 Å². The summed E-state index contributed by atoms with van der Waals surface area (Å²) in [5.74, 6) is 0.630. The van der Waals surface area contributed by atoms with Crippen molar-refractivity contribution in [2.75, 3.05) is 5.73 Å². The Balaban J connectivity index is 1.75. The van der Waals surface area contributed by atoms with Crippen molar-refractivity contribution >= 4 is 16.8 Å². The number of nitrogen functional groups attached to an aromatic ring is 1. The Morgan fingerprint density at radius 2 is 1.54 bits per heavy atom. The van der Waals surface area contributed by atoms with Gasteiger partial charge in [-0.2, -0.15) is 0 Å². The quantitative estimate of drug-likeness (QED) is 0.522. The van der Waals surface area contributed by atoms with E-state index in [1.165, 1.54) is 11.1 Å². The fraction of sp³-hybridized carbons (Fsp3) is 0.0952. The zero-order valence-electron chi connectivity index (χ0n) is 13.5. The molecule has 24 heavy (non-hydrogen) atoms. The first kappa shape index (κ1) is 14.5. The van der Waals surface area contributed by atoms with Crippen LogP contribution in [0.4, 0.5) is 5.69 Å². The second-order valence-corrected chi connectivity index (χ2v) is 5.84. The van der Waals surface area contributed by atoms with Crippen LogP contribution in [-0.2, 0) is 6.42 Å². The molecule has 3 aromatic carbocycles. The predicted molar refractivity (Wildman–Crippen MR) is 98.7 cm³/mol. The van der Waals surface area contributed by atoms with Crippen LogP contribution in [0.2, 0.25) is 0 Å². The number of hydrogen-bond donors (Lipinski definition) is 1. The predicted octanol–water partition coefficient (Wildman–Crippen LogP) is 5.31. The Labute approximate surface area is 140 Å². The lowest BCUT2D eigenvalue weighted by molar-refractivity contribution is 0.616. The number of aryl methyl sites for hydroxylation is 1. The third kappa shape index (κ3) is 2.54. The Morgan fingerprint density at radius 3 is 2.25 bits per heavy atom. The maximum atomic E-state index is 6.01. The highest BCUT2D eigenvalue weighted by Gasteiger charge is 2.12. The van der Waals surface area contributed by atoms with Gasteiger partial charge in [-0.1, -0.05) is 49.4 Å². The Hall–Kier alpha value is -3.07. The summed E-state index contributed by atoms with van der Waals surface area (Å²) < 4.78 is 6.01. The van der Waals surface area contributed by atoms with Crippen LogP contribution in [0.3, 0.4) is 0 Å². The Bertz CT molecular complexity index is 986. The molecule has 0 saturated heterocycles. The first-order valence-corrected chi connectivity index (χ1v) is 8.09. The van der Waals surface area contributed by atoms with Gasteiger partial charge in [0.2, 0.25) is 5.89 Å². The van der Waals surface area contributed by atoms with Gasteiger partial charge in [-0.15, -0.1) is 0 Å². The number of hydrogen-bond acceptors (Lipinski definition) is 3. The minimum Gasteiger partial charge on any atom is -0.436 e. The van der Waals surface area contributed by atoms with Crippen LogP contribution in [0.15, 0.2) is 71.1 Å². The van der Waals surface area contributed by atoms with E-state index >= 15 is 0 Å². The van der Waals surface area contributed by atoms with E-state index < -0.39 is 0 Å². The fourth-order valence-corrected chi connectivity index (χ4v) is 2.95. The first-order chi connectivity index (χ1) is 11.7. The summed E-state index contributed by atoms with van der Waals surface area (Å²) >= 11 is 0. The molecule has 0 saturated carbocycles. The van der Waals surface area contributed by atoms with Crippen molar-refractivity contribution in [3.8, 4) is 22.6 Å². The highest BCUT2D eigenvalue weighted by atomic mass is 16.3. The SMILES string of the molecule is CCc1cc(N)cc2nc(-c3ccc(-c4ccccc4)cc3)oc12. The molecule has 0 aliphatic carbocycles. The lowest BCUT2D eigenvalue weighted by atomic mass is 10.0. The van der Waals surface area contributed by atoms with Crippen LogP contribution >= 0.6 is 0 Å². The van der Waals surface area contributed by atoms with Crippen molar-refractivity contribution in [1.29, 1.82) is 0 Å². The number of rotatable bonds is 3. The molecular weight excluding hydrogens is 296 g/mol. The normalized spacial score (nSPS) is 11.0. The molecule has 0 radical (unpaired) electrons. The van der Waals surface area contributed by atoms with Crippen LogP contribution in [0.25, 0.3) is 33.7 Å². The number of fused-ring (bicyclic) bond motifs is 1. The largest absolute Gasteiger partial charge is 0.436 e. The highest BCUT2D eigenvalue weighted by Crippen LogP contribution is 2.30. The molecule has 2 N–H and O–H groups in total. The van der Waals surface area contributed by atoms with Crippen LogP contribution < -0.4 is 5.73 Å². The zero-order valence-corrected chi connectivity index (χ0v) is 13.5. The topological polar surface area (TPSA) is 52.0 Å². The molecule has 0 fully saturated rings. The highest BCUT2D eigenvalue weighted by molar-refractivity contribution is 5.83. The van der Waals surface area contributed by atoms with Crippen LogP contribution in [0.5, 0.6) is 0 Å². The third-order valence-corrected chi connectivity index (χ3v) is 4.21. The van der Waals surface area contributed by atoms with Crippen LogP contribution in [-0.4, -0.2) is 4.98 Å². The number of anilines is 1. The smallest absolute Gasteiger partial charge is 0.227 e. The molecule has 1 aromatic heterocycles. The summed E-state index contributed by atoms with van der Waals surface area (Å²) in [6.07, 6.45) is 0.864. The molecule has 0 spiro atoms. The second-order valence-electron chi connectivity index (χ2n) is 5.84. The van der Waals surface area contributed by atoms with Gasteiger partial charge in [0.15, 0.2) is 5.58 Å². The van der Waals surface area contributed by atoms with Crippen molar-refractivity contribution in [1.82, 2.24) is 4.98 Å². The molecule has 0 bridgehead atoms. The molecule has 3 heteroatoms. The third-order valence-electron chi connectivity index (χ3n) is 4.21. The summed E-state index contributed by atoms with van der Waals surface area (Å²) in [7, 11) is 0. The van der Waals surface area contributed by atoms with Crippen molar-refractivity contribution < 1.29 is 4.42 Å². The Morgan fingerprint density at radius 1 is 0.875 bits per heavy atom. The molecule has 0 aliphatic rings. The first-order valence-electron chi connectivity index (χ1n) is 8.09. The maximum Gasteiger partial charge on any atom is 0.227 e. The molecule has 118 valence electrons. The summed E-state index contributed by atoms with van der Waals surface area (Å²) in [5.41, 5.74) is 12.7. The van der Waals surface area contributed by atoms with E-state index in [1.54, 1.807) is 0 Å². The van der Waals surface area contributed by atoms with E-state index in [9.17, 15) is 0 Å². The molecule has 3 nitrogen and oxygen atoms in total. The summed E-state index contributed by atoms with van der Waals surface area (Å²) in [6.45, 7) is 2.09. The molecule has 0 unspecified atom stereocenters.